The molecule has 9 heteroatoms. The third kappa shape index (κ3) is 8.30. The van der Waals surface area contributed by atoms with Crippen molar-refractivity contribution in [1.29, 1.82) is 0 Å². The van der Waals surface area contributed by atoms with Crippen LogP contribution in [0.25, 0.3) is 10.2 Å². The highest BCUT2D eigenvalue weighted by molar-refractivity contribution is 7.99. The standard InChI is InChI=1S/C28H34N4O3S2/c33-24(29-16-13-21-8-3-1-4-9-21)12-7-18-32-27(35)26-23(15-19-36-26)31-28(32)37-20-25(34)30-17-14-22-10-5-2-6-11-22/h1,3-4,8-10,15,19H,2,5-7,11-14,16-18,20H2,(H,29,33)(H,30,34). The SMILES string of the molecule is O=C(CCCn1c(SCC(=O)NCCC2=CCCCC2)nc2ccsc2c1=O)NCCc1ccccc1. The minimum absolute atomic E-state index is 0.0317. The lowest BCUT2D eigenvalue weighted by Gasteiger charge is -2.14. The number of thioether (sulfide) groups is 1. The molecule has 0 saturated carbocycles. The first-order valence-electron chi connectivity index (χ1n) is 13.0. The number of thiophene rings is 1. The molecule has 0 spiro atoms. The van der Waals surface area contributed by atoms with Gasteiger partial charge >= 0.3 is 0 Å². The highest BCUT2D eigenvalue weighted by Crippen LogP contribution is 2.22. The topological polar surface area (TPSA) is 93.1 Å². The first-order valence-corrected chi connectivity index (χ1v) is 14.8. The molecule has 2 amide bonds. The number of nitrogens with zero attached hydrogens (tertiary/aromatic N) is 2. The van der Waals surface area contributed by atoms with Crippen molar-refractivity contribution in [2.24, 2.45) is 0 Å². The van der Waals surface area contributed by atoms with Crippen molar-refractivity contribution in [3.8, 4) is 0 Å². The fraction of sp³-hybridized carbons (Fsp3) is 0.429. The largest absolute Gasteiger partial charge is 0.356 e. The number of hydrogen-bond donors (Lipinski definition) is 2. The molecule has 4 rings (SSSR count). The number of amides is 2. The molecule has 2 heterocycles. The number of benzene rings is 1. The van der Waals surface area contributed by atoms with E-state index in [4.69, 9.17) is 0 Å². The minimum atomic E-state index is -0.114. The van der Waals surface area contributed by atoms with Gasteiger partial charge in [-0.15, -0.1) is 11.3 Å². The number of carbonyl (C=O) groups excluding carboxylic acids is 2. The maximum Gasteiger partial charge on any atom is 0.272 e. The summed E-state index contributed by atoms with van der Waals surface area (Å²) in [5.74, 6) is 0.0994. The Morgan fingerprint density at radius 1 is 1.03 bits per heavy atom. The summed E-state index contributed by atoms with van der Waals surface area (Å²) in [4.78, 5) is 42.5. The fourth-order valence-electron chi connectivity index (χ4n) is 4.38. The number of fused-ring (bicyclic) bond motifs is 1. The van der Waals surface area contributed by atoms with Gasteiger partial charge in [-0.2, -0.15) is 0 Å². The van der Waals surface area contributed by atoms with Gasteiger partial charge in [-0.05, 0) is 62.0 Å². The van der Waals surface area contributed by atoms with Gasteiger partial charge in [-0.25, -0.2) is 4.98 Å². The zero-order valence-corrected chi connectivity index (χ0v) is 22.7. The number of allylic oxidation sites excluding steroid dienone is 1. The van der Waals surface area contributed by atoms with Crippen LogP contribution < -0.4 is 16.2 Å². The molecule has 0 fully saturated rings. The fourth-order valence-corrected chi connectivity index (χ4v) is 6.02. The molecule has 0 atom stereocenters. The van der Waals surface area contributed by atoms with Crippen molar-refractivity contribution < 1.29 is 9.59 Å². The third-order valence-electron chi connectivity index (χ3n) is 6.38. The molecule has 0 unspecified atom stereocenters. The van der Waals surface area contributed by atoms with Crippen LogP contribution in [0.4, 0.5) is 0 Å². The maximum atomic E-state index is 13.1. The molecule has 0 aliphatic heterocycles. The van der Waals surface area contributed by atoms with E-state index in [0.717, 1.165) is 25.7 Å². The number of rotatable bonds is 13. The Morgan fingerprint density at radius 3 is 2.65 bits per heavy atom. The van der Waals surface area contributed by atoms with Gasteiger partial charge in [0.25, 0.3) is 5.56 Å². The lowest BCUT2D eigenvalue weighted by molar-refractivity contribution is -0.121. The van der Waals surface area contributed by atoms with Crippen molar-refractivity contribution in [3.63, 3.8) is 0 Å². The average Bonchev–Trinajstić information content (AvgIpc) is 3.39. The van der Waals surface area contributed by atoms with Crippen LogP contribution in [0.2, 0.25) is 0 Å². The van der Waals surface area contributed by atoms with Gasteiger partial charge < -0.3 is 10.6 Å². The molecule has 1 aromatic carbocycles. The zero-order chi connectivity index (χ0) is 25.9. The summed E-state index contributed by atoms with van der Waals surface area (Å²) >= 11 is 2.64. The summed E-state index contributed by atoms with van der Waals surface area (Å²) < 4.78 is 2.21. The summed E-state index contributed by atoms with van der Waals surface area (Å²) in [5.41, 5.74) is 3.15. The Labute approximate surface area is 225 Å². The van der Waals surface area contributed by atoms with Crippen LogP contribution >= 0.6 is 23.1 Å². The highest BCUT2D eigenvalue weighted by Gasteiger charge is 2.15. The van der Waals surface area contributed by atoms with E-state index in [2.05, 4.69) is 21.7 Å². The van der Waals surface area contributed by atoms with Crippen LogP contribution in [0.3, 0.4) is 0 Å². The smallest absolute Gasteiger partial charge is 0.272 e. The van der Waals surface area contributed by atoms with Gasteiger partial charge in [0.15, 0.2) is 5.16 Å². The molecule has 3 aromatic rings. The van der Waals surface area contributed by atoms with Gasteiger partial charge in [-0.1, -0.05) is 53.7 Å². The lowest BCUT2D eigenvalue weighted by atomic mass is 9.97. The van der Waals surface area contributed by atoms with Crippen LogP contribution in [0, 0.1) is 0 Å². The van der Waals surface area contributed by atoms with E-state index >= 15 is 0 Å². The summed E-state index contributed by atoms with van der Waals surface area (Å²) in [6.45, 7) is 1.59. The zero-order valence-electron chi connectivity index (χ0n) is 21.0. The van der Waals surface area contributed by atoms with E-state index in [1.54, 1.807) is 4.57 Å². The molecule has 1 aliphatic rings. The van der Waals surface area contributed by atoms with Crippen LogP contribution in [0.5, 0.6) is 0 Å². The molecule has 0 saturated heterocycles. The van der Waals surface area contributed by atoms with Gasteiger partial charge in [-0.3, -0.25) is 19.0 Å². The van der Waals surface area contributed by atoms with Crippen molar-refractivity contribution in [2.75, 3.05) is 18.8 Å². The van der Waals surface area contributed by atoms with Crippen molar-refractivity contribution >= 4 is 45.1 Å². The first-order chi connectivity index (χ1) is 18.1. The predicted octanol–water partition coefficient (Wildman–Crippen LogP) is 4.70. The third-order valence-corrected chi connectivity index (χ3v) is 8.25. The average molecular weight is 539 g/mol. The Bertz CT molecular complexity index is 1280. The Balaban J connectivity index is 1.27. The van der Waals surface area contributed by atoms with Gasteiger partial charge in [0.05, 0.1) is 11.3 Å². The number of nitrogens with one attached hydrogen (secondary N) is 2. The molecule has 196 valence electrons. The van der Waals surface area contributed by atoms with Crippen molar-refractivity contribution in [3.05, 3.63) is 69.3 Å². The molecule has 7 nitrogen and oxygen atoms in total. The molecule has 0 radical (unpaired) electrons. The van der Waals surface area contributed by atoms with Crippen molar-refractivity contribution in [1.82, 2.24) is 20.2 Å². The maximum absolute atomic E-state index is 13.1. The molecule has 37 heavy (non-hydrogen) atoms. The number of hydrogen-bond acceptors (Lipinski definition) is 6. The monoisotopic (exact) mass is 538 g/mol. The van der Waals surface area contributed by atoms with E-state index in [1.807, 2.05) is 41.8 Å². The second-order valence-corrected chi connectivity index (χ2v) is 11.0. The second kappa shape index (κ2) is 14.1. The van der Waals surface area contributed by atoms with Gasteiger partial charge in [0.1, 0.15) is 4.70 Å². The lowest BCUT2D eigenvalue weighted by Crippen LogP contribution is -2.28. The van der Waals surface area contributed by atoms with Gasteiger partial charge in [0.2, 0.25) is 11.8 Å². The molecule has 2 aromatic heterocycles. The molecule has 2 N–H and O–H groups in total. The van der Waals surface area contributed by atoms with Gasteiger partial charge in [0, 0.05) is 26.1 Å². The number of aromatic nitrogens is 2. The Morgan fingerprint density at radius 2 is 1.84 bits per heavy atom. The molecule has 0 bridgehead atoms. The summed E-state index contributed by atoms with van der Waals surface area (Å²) in [6.07, 6.45) is 9.59. The quantitative estimate of drug-likeness (QED) is 0.187. The summed E-state index contributed by atoms with van der Waals surface area (Å²) in [5, 5.41) is 8.31. The normalized spacial score (nSPS) is 13.4. The molecular weight excluding hydrogens is 504 g/mol. The van der Waals surface area contributed by atoms with E-state index in [1.165, 1.54) is 47.1 Å². The summed E-state index contributed by atoms with van der Waals surface area (Å²) in [7, 11) is 0. The number of carbonyl (C=O) groups is 2. The van der Waals surface area contributed by atoms with E-state index in [0.29, 0.717) is 47.8 Å². The Kier molecular flexibility index (Phi) is 10.4. The van der Waals surface area contributed by atoms with Crippen LogP contribution in [-0.4, -0.2) is 40.2 Å². The predicted molar refractivity (Wildman–Crippen MR) is 151 cm³/mol. The van der Waals surface area contributed by atoms with E-state index in [9.17, 15) is 14.4 Å². The molecular formula is C28H34N4O3S2. The summed E-state index contributed by atoms with van der Waals surface area (Å²) in [6, 6.07) is 11.9. The Hall–Kier alpha value is -2.91. The first kappa shape index (κ1) is 27.1. The highest BCUT2D eigenvalue weighted by atomic mass is 32.2. The second-order valence-electron chi connectivity index (χ2n) is 9.17. The van der Waals surface area contributed by atoms with Crippen LogP contribution in [-0.2, 0) is 22.6 Å². The van der Waals surface area contributed by atoms with Crippen LogP contribution in [0.15, 0.2) is 63.4 Å². The van der Waals surface area contributed by atoms with Crippen molar-refractivity contribution in [2.45, 2.75) is 63.1 Å². The van der Waals surface area contributed by atoms with Crippen LogP contribution in [0.1, 0.15) is 50.5 Å². The molecule has 1 aliphatic carbocycles. The van der Waals surface area contributed by atoms with E-state index < -0.39 is 0 Å². The van der Waals surface area contributed by atoms with E-state index in [-0.39, 0.29) is 23.1 Å². The minimum Gasteiger partial charge on any atom is -0.356 e.